The third-order valence-electron chi connectivity index (χ3n) is 5.68. The Morgan fingerprint density at radius 3 is 2.17 bits per heavy atom. The fourth-order valence-corrected chi connectivity index (χ4v) is 3.84. The highest BCUT2D eigenvalue weighted by atomic mass is 16.5. The number of carbonyl (C=O) groups is 1. The first kappa shape index (κ1) is 24.7. The van der Waals surface area contributed by atoms with Gasteiger partial charge in [-0.2, -0.15) is 0 Å². The van der Waals surface area contributed by atoms with Gasteiger partial charge in [-0.25, -0.2) is 0 Å². The van der Waals surface area contributed by atoms with E-state index < -0.39 is 0 Å². The number of ether oxygens (including phenoxy) is 4. The lowest BCUT2D eigenvalue weighted by Crippen LogP contribution is -2.25. The van der Waals surface area contributed by atoms with Crippen molar-refractivity contribution in [3.8, 4) is 28.7 Å². The van der Waals surface area contributed by atoms with E-state index in [0.717, 1.165) is 22.6 Å². The number of carbonyl (C=O) groups excluding carboxylic acids is 1. The van der Waals surface area contributed by atoms with E-state index in [-0.39, 0.29) is 11.7 Å². The Morgan fingerprint density at radius 2 is 1.47 bits per heavy atom. The fourth-order valence-electron chi connectivity index (χ4n) is 3.84. The van der Waals surface area contributed by atoms with Crippen molar-refractivity contribution in [2.45, 2.75) is 12.8 Å². The van der Waals surface area contributed by atoms with Gasteiger partial charge in [-0.3, -0.25) is 4.79 Å². The lowest BCUT2D eigenvalue weighted by atomic mass is 10.1. The summed E-state index contributed by atoms with van der Waals surface area (Å²) in [5, 5.41) is 2.92. The third kappa shape index (κ3) is 5.99. The van der Waals surface area contributed by atoms with Gasteiger partial charge in [-0.05, 0) is 42.3 Å². The molecule has 4 aromatic rings. The van der Waals surface area contributed by atoms with Crippen molar-refractivity contribution in [2.75, 3.05) is 27.9 Å². The Hall–Kier alpha value is -4.39. The summed E-state index contributed by atoms with van der Waals surface area (Å²) < 4.78 is 28.2. The second-order valence-electron chi connectivity index (χ2n) is 7.98. The zero-order valence-corrected chi connectivity index (χ0v) is 20.6. The van der Waals surface area contributed by atoms with E-state index in [4.69, 9.17) is 23.4 Å². The molecule has 1 heterocycles. The van der Waals surface area contributed by atoms with Crippen molar-refractivity contribution in [3.05, 3.63) is 102 Å². The van der Waals surface area contributed by atoms with Gasteiger partial charge >= 0.3 is 0 Å². The van der Waals surface area contributed by atoms with Crippen LogP contribution in [0.1, 0.15) is 27.4 Å². The summed E-state index contributed by atoms with van der Waals surface area (Å²) in [6.45, 7) is 0.435. The molecule has 0 aliphatic rings. The molecule has 4 rings (SSSR count). The number of amides is 1. The van der Waals surface area contributed by atoms with Gasteiger partial charge in [0, 0.05) is 30.7 Å². The maximum absolute atomic E-state index is 12.7. The summed E-state index contributed by atoms with van der Waals surface area (Å²) in [5.74, 6) is 3.96. The minimum atomic E-state index is -0.281. The molecule has 186 valence electrons. The van der Waals surface area contributed by atoms with Crippen molar-refractivity contribution >= 4 is 5.91 Å². The van der Waals surface area contributed by atoms with Crippen LogP contribution in [0.25, 0.3) is 0 Å². The van der Waals surface area contributed by atoms with Gasteiger partial charge in [0.2, 0.25) is 0 Å². The molecule has 0 saturated carbocycles. The van der Waals surface area contributed by atoms with Gasteiger partial charge in [0.05, 0.1) is 21.3 Å². The molecule has 0 fully saturated rings. The Bertz CT molecular complexity index is 1270. The number of hydrogen-bond acceptors (Lipinski definition) is 6. The first-order valence-corrected chi connectivity index (χ1v) is 11.6. The molecule has 3 aromatic carbocycles. The smallest absolute Gasteiger partial charge is 0.287 e. The molecule has 0 unspecified atom stereocenters. The first-order valence-electron chi connectivity index (χ1n) is 11.6. The van der Waals surface area contributed by atoms with Gasteiger partial charge in [-0.1, -0.05) is 36.4 Å². The first-order chi connectivity index (χ1) is 17.6. The number of rotatable bonds is 11. The van der Waals surface area contributed by atoms with Crippen molar-refractivity contribution in [1.82, 2.24) is 5.32 Å². The normalized spacial score (nSPS) is 10.5. The van der Waals surface area contributed by atoms with Gasteiger partial charge in [0.25, 0.3) is 5.91 Å². The molecule has 0 atom stereocenters. The van der Waals surface area contributed by atoms with Gasteiger partial charge in [0.1, 0.15) is 34.5 Å². The second kappa shape index (κ2) is 11.8. The van der Waals surface area contributed by atoms with Crippen LogP contribution >= 0.6 is 0 Å². The van der Waals surface area contributed by atoms with Crippen LogP contribution in [0, 0.1) is 0 Å². The van der Waals surface area contributed by atoms with E-state index >= 15 is 0 Å². The van der Waals surface area contributed by atoms with Gasteiger partial charge in [-0.15, -0.1) is 0 Å². The minimum absolute atomic E-state index is 0.241. The Morgan fingerprint density at radius 1 is 0.778 bits per heavy atom. The molecule has 7 heteroatoms. The van der Waals surface area contributed by atoms with Gasteiger partial charge < -0.3 is 28.7 Å². The third-order valence-corrected chi connectivity index (χ3v) is 5.68. The summed E-state index contributed by atoms with van der Waals surface area (Å²) in [5.41, 5.74) is 1.80. The molecular formula is C29H29NO6. The number of hydrogen-bond donors (Lipinski definition) is 1. The topological polar surface area (TPSA) is 79.2 Å². The Labute approximate surface area is 210 Å². The SMILES string of the molecule is COc1cc(OC)c(Cc2ccc(C(=O)NCCc3ccccc3Oc3ccccc3)o2)c(OC)c1. The van der Waals surface area contributed by atoms with Gasteiger partial charge in [0.15, 0.2) is 5.76 Å². The van der Waals surface area contributed by atoms with E-state index in [9.17, 15) is 4.79 Å². The quantitative estimate of drug-likeness (QED) is 0.294. The molecule has 0 aliphatic carbocycles. The summed E-state index contributed by atoms with van der Waals surface area (Å²) in [4.78, 5) is 12.7. The predicted molar refractivity (Wildman–Crippen MR) is 137 cm³/mol. The van der Waals surface area contributed by atoms with Crippen LogP contribution in [-0.4, -0.2) is 33.8 Å². The number of furan rings is 1. The number of benzene rings is 3. The molecular weight excluding hydrogens is 458 g/mol. The second-order valence-corrected chi connectivity index (χ2v) is 7.98. The highest BCUT2D eigenvalue weighted by Gasteiger charge is 2.17. The summed E-state index contributed by atoms with van der Waals surface area (Å²) in [7, 11) is 4.75. The molecule has 0 bridgehead atoms. The number of nitrogens with one attached hydrogen (secondary N) is 1. The molecule has 7 nitrogen and oxygen atoms in total. The monoisotopic (exact) mass is 487 g/mol. The summed E-state index contributed by atoms with van der Waals surface area (Å²) in [6.07, 6.45) is 1.01. The average molecular weight is 488 g/mol. The van der Waals surface area contributed by atoms with Crippen LogP contribution in [0.3, 0.4) is 0 Å². The Balaban J connectivity index is 1.38. The van der Waals surface area contributed by atoms with E-state index in [2.05, 4.69) is 5.32 Å². The zero-order valence-electron chi connectivity index (χ0n) is 20.6. The fraction of sp³-hybridized carbons (Fsp3) is 0.207. The molecule has 1 N–H and O–H groups in total. The molecule has 1 aromatic heterocycles. The molecule has 0 spiro atoms. The van der Waals surface area contributed by atoms with E-state index in [0.29, 0.717) is 42.4 Å². The predicted octanol–water partition coefficient (Wildman–Crippen LogP) is 5.66. The molecule has 0 aliphatic heterocycles. The van der Waals surface area contributed by atoms with Crippen LogP contribution in [-0.2, 0) is 12.8 Å². The van der Waals surface area contributed by atoms with Crippen LogP contribution in [0.2, 0.25) is 0 Å². The lowest BCUT2D eigenvalue weighted by molar-refractivity contribution is 0.0924. The van der Waals surface area contributed by atoms with E-state index in [1.165, 1.54) is 0 Å². The lowest BCUT2D eigenvalue weighted by Gasteiger charge is -2.14. The summed E-state index contributed by atoms with van der Waals surface area (Å²) >= 11 is 0. The van der Waals surface area contributed by atoms with Crippen molar-refractivity contribution in [3.63, 3.8) is 0 Å². The standard InChI is InChI=1S/C29H29NO6/c1-32-23-18-27(33-2)24(28(19-23)34-3)17-22-13-14-26(36-22)29(31)30-16-15-20-9-7-8-12-25(20)35-21-10-5-4-6-11-21/h4-14,18-19H,15-17H2,1-3H3,(H,30,31). The maximum atomic E-state index is 12.7. The van der Waals surface area contributed by atoms with Crippen molar-refractivity contribution in [2.24, 2.45) is 0 Å². The van der Waals surface area contributed by atoms with E-state index in [1.807, 2.05) is 54.6 Å². The molecule has 0 radical (unpaired) electrons. The number of methoxy groups -OCH3 is 3. The molecule has 0 saturated heterocycles. The van der Waals surface area contributed by atoms with Crippen LogP contribution < -0.4 is 24.3 Å². The molecule has 1 amide bonds. The number of para-hydroxylation sites is 2. The highest BCUT2D eigenvalue weighted by Crippen LogP contribution is 2.36. The van der Waals surface area contributed by atoms with Crippen LogP contribution in [0.5, 0.6) is 28.7 Å². The minimum Gasteiger partial charge on any atom is -0.496 e. The zero-order chi connectivity index (χ0) is 25.3. The van der Waals surface area contributed by atoms with Crippen molar-refractivity contribution < 1.29 is 28.2 Å². The van der Waals surface area contributed by atoms with Crippen molar-refractivity contribution in [1.29, 1.82) is 0 Å². The highest BCUT2D eigenvalue weighted by molar-refractivity contribution is 5.91. The largest absolute Gasteiger partial charge is 0.496 e. The maximum Gasteiger partial charge on any atom is 0.287 e. The van der Waals surface area contributed by atoms with Crippen LogP contribution in [0.15, 0.2) is 83.3 Å². The van der Waals surface area contributed by atoms with E-state index in [1.54, 1.807) is 45.6 Å². The average Bonchev–Trinajstić information content (AvgIpc) is 3.39. The summed E-state index contributed by atoms with van der Waals surface area (Å²) in [6, 6.07) is 24.4. The Kier molecular flexibility index (Phi) is 8.13. The molecule has 36 heavy (non-hydrogen) atoms. The van der Waals surface area contributed by atoms with Crippen LogP contribution in [0.4, 0.5) is 0 Å².